The minimum Gasteiger partial charge on any atom is -0.431 e. The van der Waals surface area contributed by atoms with Crippen LogP contribution in [0.1, 0.15) is 21.6 Å². The molecule has 2 rings (SSSR count). The molecule has 1 heterocycles. The summed E-state index contributed by atoms with van der Waals surface area (Å²) in [4.78, 5) is 15.4. The third-order valence-corrected chi connectivity index (χ3v) is 2.29. The summed E-state index contributed by atoms with van der Waals surface area (Å²) in [6.45, 7) is 2.46. The second-order valence-electron chi connectivity index (χ2n) is 3.74. The fourth-order valence-corrected chi connectivity index (χ4v) is 1.49. The molecule has 1 aromatic heterocycles. The molecule has 88 valence electrons. The molecule has 0 atom stereocenters. The number of aryl methyl sites for hydroxylation is 1. The lowest BCUT2D eigenvalue weighted by Crippen LogP contribution is -2.23. The number of amides is 1. The molecule has 0 aliphatic rings. The van der Waals surface area contributed by atoms with E-state index in [9.17, 15) is 4.79 Å². The molecule has 0 aliphatic heterocycles. The molecule has 0 spiro atoms. The molecule has 0 saturated heterocycles. The Morgan fingerprint density at radius 2 is 2.35 bits per heavy atom. The summed E-state index contributed by atoms with van der Waals surface area (Å²) >= 11 is 0. The number of benzene rings is 1. The van der Waals surface area contributed by atoms with E-state index in [2.05, 4.69) is 10.3 Å². The van der Waals surface area contributed by atoms with Gasteiger partial charge in [0.2, 0.25) is 0 Å². The van der Waals surface area contributed by atoms with Gasteiger partial charge in [0.25, 0.3) is 11.9 Å². The highest BCUT2D eigenvalue weighted by molar-refractivity contribution is 5.92. The van der Waals surface area contributed by atoms with Crippen LogP contribution < -0.4 is 11.1 Å². The SMILES string of the molecule is Cc1cccc(CNC(=O)c2coc(N)n2)c1. The monoisotopic (exact) mass is 231 g/mol. The molecule has 0 radical (unpaired) electrons. The zero-order chi connectivity index (χ0) is 12.3. The molecule has 0 fully saturated rings. The first-order chi connectivity index (χ1) is 8.15. The highest BCUT2D eigenvalue weighted by Crippen LogP contribution is 2.05. The number of anilines is 1. The molecule has 0 saturated carbocycles. The summed E-state index contributed by atoms with van der Waals surface area (Å²) < 4.78 is 4.76. The van der Waals surface area contributed by atoms with Gasteiger partial charge in [-0.15, -0.1) is 0 Å². The normalized spacial score (nSPS) is 10.2. The quantitative estimate of drug-likeness (QED) is 0.838. The maximum absolute atomic E-state index is 11.6. The van der Waals surface area contributed by atoms with Gasteiger partial charge in [0.1, 0.15) is 6.26 Å². The summed E-state index contributed by atoms with van der Waals surface area (Å²) in [6, 6.07) is 7.90. The third kappa shape index (κ3) is 2.84. The number of nitrogens with two attached hydrogens (primary N) is 1. The Kier molecular flexibility index (Phi) is 3.09. The van der Waals surface area contributed by atoms with E-state index in [0.717, 1.165) is 11.1 Å². The fourth-order valence-electron chi connectivity index (χ4n) is 1.49. The average Bonchev–Trinajstić information content (AvgIpc) is 2.73. The summed E-state index contributed by atoms with van der Waals surface area (Å²) in [5, 5.41) is 2.74. The third-order valence-electron chi connectivity index (χ3n) is 2.29. The van der Waals surface area contributed by atoms with Gasteiger partial charge in [-0.2, -0.15) is 4.98 Å². The topological polar surface area (TPSA) is 81.2 Å². The Balaban J connectivity index is 1.97. The second-order valence-corrected chi connectivity index (χ2v) is 3.74. The first-order valence-electron chi connectivity index (χ1n) is 5.20. The molecule has 3 N–H and O–H groups in total. The molecule has 5 heteroatoms. The van der Waals surface area contributed by atoms with Gasteiger partial charge in [-0.3, -0.25) is 4.79 Å². The van der Waals surface area contributed by atoms with E-state index in [1.54, 1.807) is 0 Å². The smallest absolute Gasteiger partial charge is 0.292 e. The van der Waals surface area contributed by atoms with E-state index < -0.39 is 0 Å². The molecule has 5 nitrogen and oxygen atoms in total. The van der Waals surface area contributed by atoms with E-state index in [1.165, 1.54) is 6.26 Å². The molecule has 0 unspecified atom stereocenters. The molecule has 2 aromatic rings. The van der Waals surface area contributed by atoms with Crippen molar-refractivity contribution >= 4 is 11.9 Å². The Bertz CT molecular complexity index is 534. The van der Waals surface area contributed by atoms with E-state index in [1.807, 2.05) is 31.2 Å². The van der Waals surface area contributed by atoms with Crippen LogP contribution >= 0.6 is 0 Å². The van der Waals surface area contributed by atoms with Crippen molar-refractivity contribution in [2.24, 2.45) is 0 Å². The summed E-state index contributed by atoms with van der Waals surface area (Å²) in [5.74, 6) is -0.299. The lowest BCUT2D eigenvalue weighted by molar-refractivity contribution is 0.0946. The van der Waals surface area contributed by atoms with E-state index in [4.69, 9.17) is 10.2 Å². The van der Waals surface area contributed by atoms with Gasteiger partial charge in [-0.05, 0) is 12.5 Å². The second kappa shape index (κ2) is 4.69. The van der Waals surface area contributed by atoms with E-state index in [-0.39, 0.29) is 17.6 Å². The number of oxazole rings is 1. The molecule has 1 amide bonds. The van der Waals surface area contributed by atoms with Gasteiger partial charge in [-0.1, -0.05) is 29.8 Å². The summed E-state index contributed by atoms with van der Waals surface area (Å²) in [5.41, 5.74) is 7.67. The van der Waals surface area contributed by atoms with Crippen LogP contribution in [-0.4, -0.2) is 10.9 Å². The number of nitrogen functional groups attached to an aromatic ring is 1. The van der Waals surface area contributed by atoms with Gasteiger partial charge in [0.15, 0.2) is 5.69 Å². The summed E-state index contributed by atoms with van der Waals surface area (Å²) in [6.07, 6.45) is 1.24. The fraction of sp³-hybridized carbons (Fsp3) is 0.167. The van der Waals surface area contributed by atoms with Crippen molar-refractivity contribution in [3.05, 3.63) is 47.3 Å². The molecular weight excluding hydrogens is 218 g/mol. The maximum Gasteiger partial charge on any atom is 0.292 e. The van der Waals surface area contributed by atoms with E-state index in [0.29, 0.717) is 6.54 Å². The number of carbonyl (C=O) groups is 1. The van der Waals surface area contributed by atoms with Crippen molar-refractivity contribution in [1.29, 1.82) is 0 Å². The number of carbonyl (C=O) groups excluding carboxylic acids is 1. The Hall–Kier alpha value is -2.30. The number of nitrogens with one attached hydrogen (secondary N) is 1. The molecule has 0 bridgehead atoms. The number of hydrogen-bond donors (Lipinski definition) is 2. The molecular formula is C12H13N3O2. The van der Waals surface area contributed by atoms with Crippen LogP contribution in [0.15, 0.2) is 34.9 Å². The van der Waals surface area contributed by atoms with Crippen molar-refractivity contribution in [3.8, 4) is 0 Å². The van der Waals surface area contributed by atoms with E-state index >= 15 is 0 Å². The number of nitrogens with zero attached hydrogens (tertiary/aromatic N) is 1. The molecule has 17 heavy (non-hydrogen) atoms. The first-order valence-corrected chi connectivity index (χ1v) is 5.20. The van der Waals surface area contributed by atoms with Crippen LogP contribution in [0, 0.1) is 6.92 Å². The van der Waals surface area contributed by atoms with Crippen molar-refractivity contribution in [2.45, 2.75) is 13.5 Å². The van der Waals surface area contributed by atoms with Crippen LogP contribution in [0.4, 0.5) is 6.01 Å². The highest BCUT2D eigenvalue weighted by atomic mass is 16.4. The standard InChI is InChI=1S/C12H13N3O2/c1-8-3-2-4-9(5-8)6-14-11(16)10-7-17-12(13)15-10/h2-5,7H,6H2,1H3,(H2,13,15)(H,14,16). The minimum atomic E-state index is -0.299. The van der Waals surface area contributed by atoms with Crippen LogP contribution in [0.2, 0.25) is 0 Å². The van der Waals surface area contributed by atoms with Crippen molar-refractivity contribution in [1.82, 2.24) is 10.3 Å². The average molecular weight is 231 g/mol. The first kappa shape index (κ1) is 11.2. The zero-order valence-corrected chi connectivity index (χ0v) is 9.43. The highest BCUT2D eigenvalue weighted by Gasteiger charge is 2.10. The maximum atomic E-state index is 11.6. The number of hydrogen-bond acceptors (Lipinski definition) is 4. The predicted octanol–water partition coefficient (Wildman–Crippen LogP) is 1.50. The summed E-state index contributed by atoms with van der Waals surface area (Å²) in [7, 11) is 0. The van der Waals surface area contributed by atoms with Crippen molar-refractivity contribution in [3.63, 3.8) is 0 Å². The van der Waals surface area contributed by atoms with Gasteiger partial charge in [-0.25, -0.2) is 0 Å². The Morgan fingerprint density at radius 3 is 3.00 bits per heavy atom. The van der Waals surface area contributed by atoms with Gasteiger partial charge in [0, 0.05) is 6.54 Å². The number of aromatic nitrogens is 1. The predicted molar refractivity (Wildman–Crippen MR) is 63.3 cm³/mol. The van der Waals surface area contributed by atoms with Crippen molar-refractivity contribution < 1.29 is 9.21 Å². The van der Waals surface area contributed by atoms with Crippen LogP contribution in [0.25, 0.3) is 0 Å². The van der Waals surface area contributed by atoms with Crippen LogP contribution in [0.3, 0.4) is 0 Å². The molecule has 1 aromatic carbocycles. The van der Waals surface area contributed by atoms with Crippen LogP contribution in [-0.2, 0) is 6.54 Å². The van der Waals surface area contributed by atoms with Gasteiger partial charge in [0.05, 0.1) is 0 Å². The van der Waals surface area contributed by atoms with Gasteiger partial charge < -0.3 is 15.5 Å². The minimum absolute atomic E-state index is 0.00861. The van der Waals surface area contributed by atoms with Crippen molar-refractivity contribution in [2.75, 3.05) is 5.73 Å². The van der Waals surface area contributed by atoms with Gasteiger partial charge >= 0.3 is 0 Å². The Morgan fingerprint density at radius 1 is 1.53 bits per heavy atom. The number of rotatable bonds is 3. The lowest BCUT2D eigenvalue weighted by atomic mass is 10.1. The Labute approximate surface area is 98.6 Å². The van der Waals surface area contributed by atoms with Crippen LogP contribution in [0.5, 0.6) is 0 Å². The lowest BCUT2D eigenvalue weighted by Gasteiger charge is -2.03. The largest absolute Gasteiger partial charge is 0.431 e. The molecule has 0 aliphatic carbocycles. The zero-order valence-electron chi connectivity index (χ0n) is 9.43.